The Labute approximate surface area is 126 Å². The van der Waals surface area contributed by atoms with Crippen molar-refractivity contribution in [3.8, 4) is 6.07 Å². The summed E-state index contributed by atoms with van der Waals surface area (Å²) in [5.74, 6) is 0.700. The first-order valence-electron chi connectivity index (χ1n) is 7.69. The number of rotatable bonds is 6. The summed E-state index contributed by atoms with van der Waals surface area (Å²) in [4.78, 5) is 14.6. The van der Waals surface area contributed by atoms with Gasteiger partial charge in [0.2, 0.25) is 5.91 Å². The van der Waals surface area contributed by atoms with E-state index in [-0.39, 0.29) is 11.9 Å². The molecule has 1 atom stereocenters. The normalized spacial score (nSPS) is 16.1. The van der Waals surface area contributed by atoms with E-state index in [1.165, 1.54) is 19.3 Å². The lowest BCUT2D eigenvalue weighted by molar-refractivity contribution is -0.121. The fraction of sp³-hybridized carbons (Fsp3) is 0.529. The summed E-state index contributed by atoms with van der Waals surface area (Å²) in [5, 5.41) is 12.0. The van der Waals surface area contributed by atoms with Crippen molar-refractivity contribution >= 4 is 11.6 Å². The van der Waals surface area contributed by atoms with Crippen molar-refractivity contribution in [2.75, 3.05) is 18.4 Å². The zero-order valence-corrected chi connectivity index (χ0v) is 12.8. The summed E-state index contributed by atoms with van der Waals surface area (Å²) in [6, 6.07) is 9.04. The maximum absolute atomic E-state index is 12.4. The lowest BCUT2D eigenvalue weighted by Gasteiger charge is -2.34. The minimum Gasteiger partial charge on any atom is -0.324 e. The van der Waals surface area contributed by atoms with E-state index in [9.17, 15) is 4.79 Å². The molecule has 1 fully saturated rings. The van der Waals surface area contributed by atoms with Gasteiger partial charge in [0.05, 0.1) is 17.3 Å². The highest BCUT2D eigenvalue weighted by molar-refractivity contribution is 5.95. The van der Waals surface area contributed by atoms with Crippen LogP contribution >= 0.6 is 0 Å². The standard InChI is InChI=1S/C17H23N3O/c1-3-20(12-14-7-6-8-14)13(2)17(21)19-16-10-5-4-9-15(16)11-18/h4-5,9-10,13-14H,3,6-8,12H2,1-2H3,(H,19,21). The van der Waals surface area contributed by atoms with Crippen LogP contribution in [0.2, 0.25) is 0 Å². The number of likely N-dealkylation sites (N-methyl/N-ethyl adjacent to an activating group) is 1. The van der Waals surface area contributed by atoms with E-state index in [4.69, 9.17) is 5.26 Å². The van der Waals surface area contributed by atoms with E-state index < -0.39 is 0 Å². The molecule has 0 spiro atoms. The number of carbonyl (C=O) groups excluding carboxylic acids is 1. The number of hydrogen-bond acceptors (Lipinski definition) is 3. The molecule has 4 nitrogen and oxygen atoms in total. The van der Waals surface area contributed by atoms with Crippen LogP contribution in [0.3, 0.4) is 0 Å². The van der Waals surface area contributed by atoms with E-state index in [1.54, 1.807) is 18.2 Å². The molecule has 112 valence electrons. The minimum absolute atomic E-state index is 0.0427. The second-order valence-corrected chi connectivity index (χ2v) is 5.71. The number of nitrogens with zero attached hydrogens (tertiary/aromatic N) is 2. The van der Waals surface area contributed by atoms with Crippen LogP contribution in [0.5, 0.6) is 0 Å². The number of amides is 1. The van der Waals surface area contributed by atoms with E-state index in [0.717, 1.165) is 19.0 Å². The molecule has 0 aromatic heterocycles. The number of carbonyl (C=O) groups is 1. The Morgan fingerprint density at radius 1 is 1.48 bits per heavy atom. The highest BCUT2D eigenvalue weighted by Gasteiger charge is 2.26. The Morgan fingerprint density at radius 2 is 2.19 bits per heavy atom. The van der Waals surface area contributed by atoms with Crippen LogP contribution in [-0.4, -0.2) is 29.9 Å². The molecule has 21 heavy (non-hydrogen) atoms. The monoisotopic (exact) mass is 285 g/mol. The van der Waals surface area contributed by atoms with Crippen LogP contribution in [0, 0.1) is 17.2 Å². The van der Waals surface area contributed by atoms with Gasteiger partial charge in [0.1, 0.15) is 6.07 Å². The van der Waals surface area contributed by atoms with Crippen LogP contribution < -0.4 is 5.32 Å². The highest BCUT2D eigenvalue weighted by Crippen LogP contribution is 2.27. The lowest BCUT2D eigenvalue weighted by Crippen LogP contribution is -2.45. The lowest BCUT2D eigenvalue weighted by atomic mass is 9.85. The molecule has 2 rings (SSSR count). The van der Waals surface area contributed by atoms with Crippen LogP contribution in [0.15, 0.2) is 24.3 Å². The van der Waals surface area contributed by atoms with Crippen molar-refractivity contribution in [1.82, 2.24) is 4.90 Å². The van der Waals surface area contributed by atoms with Crippen LogP contribution in [0.1, 0.15) is 38.7 Å². The zero-order chi connectivity index (χ0) is 15.2. The Morgan fingerprint density at radius 3 is 2.76 bits per heavy atom. The molecule has 1 saturated carbocycles. The molecule has 0 bridgehead atoms. The fourth-order valence-electron chi connectivity index (χ4n) is 2.66. The van der Waals surface area contributed by atoms with Gasteiger partial charge in [-0.3, -0.25) is 9.69 Å². The number of nitriles is 1. The zero-order valence-electron chi connectivity index (χ0n) is 12.8. The van der Waals surface area contributed by atoms with Gasteiger partial charge in [-0.25, -0.2) is 0 Å². The Hall–Kier alpha value is -1.86. The van der Waals surface area contributed by atoms with E-state index in [2.05, 4.69) is 23.2 Å². The number of para-hydroxylation sites is 1. The maximum atomic E-state index is 12.4. The summed E-state index contributed by atoms with van der Waals surface area (Å²) in [7, 11) is 0. The quantitative estimate of drug-likeness (QED) is 0.874. The molecule has 0 aliphatic heterocycles. The molecule has 0 radical (unpaired) electrons. The van der Waals surface area contributed by atoms with Gasteiger partial charge in [-0.15, -0.1) is 0 Å². The van der Waals surface area contributed by atoms with Crippen LogP contribution in [0.4, 0.5) is 5.69 Å². The van der Waals surface area contributed by atoms with Gasteiger partial charge in [-0.05, 0) is 44.4 Å². The third-order valence-electron chi connectivity index (χ3n) is 4.36. The summed E-state index contributed by atoms with van der Waals surface area (Å²) in [6.45, 7) is 5.88. The summed E-state index contributed by atoms with van der Waals surface area (Å²) in [5.41, 5.74) is 1.09. The predicted molar refractivity (Wildman–Crippen MR) is 83.8 cm³/mol. The second-order valence-electron chi connectivity index (χ2n) is 5.71. The number of nitrogens with one attached hydrogen (secondary N) is 1. The summed E-state index contributed by atoms with van der Waals surface area (Å²) < 4.78 is 0. The number of hydrogen-bond donors (Lipinski definition) is 1. The molecular formula is C17H23N3O. The van der Waals surface area contributed by atoms with Gasteiger partial charge in [-0.1, -0.05) is 25.5 Å². The van der Waals surface area contributed by atoms with E-state index in [1.807, 2.05) is 13.0 Å². The molecule has 4 heteroatoms. The first kappa shape index (κ1) is 15.5. The van der Waals surface area contributed by atoms with Crippen molar-refractivity contribution in [2.24, 2.45) is 5.92 Å². The first-order valence-corrected chi connectivity index (χ1v) is 7.69. The fourth-order valence-corrected chi connectivity index (χ4v) is 2.66. The minimum atomic E-state index is -0.178. The molecule has 1 aromatic carbocycles. The Bertz CT molecular complexity index is 531. The predicted octanol–water partition coefficient (Wildman–Crippen LogP) is 3.01. The SMILES string of the molecule is CCN(CC1CCC1)C(C)C(=O)Nc1ccccc1C#N. The molecule has 0 heterocycles. The van der Waals surface area contributed by atoms with Crippen molar-refractivity contribution in [1.29, 1.82) is 5.26 Å². The maximum Gasteiger partial charge on any atom is 0.241 e. The molecule has 1 amide bonds. The summed E-state index contributed by atoms with van der Waals surface area (Å²) >= 11 is 0. The van der Waals surface area contributed by atoms with Crippen molar-refractivity contribution in [3.05, 3.63) is 29.8 Å². The smallest absolute Gasteiger partial charge is 0.241 e. The first-order chi connectivity index (χ1) is 10.2. The Balaban J connectivity index is 1.99. The molecule has 1 N–H and O–H groups in total. The largest absolute Gasteiger partial charge is 0.324 e. The van der Waals surface area contributed by atoms with Crippen molar-refractivity contribution in [3.63, 3.8) is 0 Å². The van der Waals surface area contributed by atoms with Crippen LogP contribution in [0.25, 0.3) is 0 Å². The molecule has 1 aliphatic carbocycles. The molecule has 0 saturated heterocycles. The molecular weight excluding hydrogens is 262 g/mol. The number of benzene rings is 1. The third-order valence-corrected chi connectivity index (χ3v) is 4.36. The molecule has 1 aromatic rings. The van der Waals surface area contributed by atoms with E-state index in [0.29, 0.717) is 11.3 Å². The van der Waals surface area contributed by atoms with Gasteiger partial charge in [-0.2, -0.15) is 5.26 Å². The third kappa shape index (κ3) is 3.83. The van der Waals surface area contributed by atoms with Gasteiger partial charge in [0.15, 0.2) is 0 Å². The summed E-state index contributed by atoms with van der Waals surface area (Å²) in [6.07, 6.45) is 3.88. The average Bonchev–Trinajstić information content (AvgIpc) is 2.46. The Kier molecular flexibility index (Phi) is 5.35. The topological polar surface area (TPSA) is 56.1 Å². The van der Waals surface area contributed by atoms with Gasteiger partial charge in [0, 0.05) is 6.54 Å². The van der Waals surface area contributed by atoms with E-state index >= 15 is 0 Å². The average molecular weight is 285 g/mol. The van der Waals surface area contributed by atoms with Crippen LogP contribution in [-0.2, 0) is 4.79 Å². The molecule has 1 aliphatic rings. The number of anilines is 1. The van der Waals surface area contributed by atoms with Gasteiger partial charge >= 0.3 is 0 Å². The van der Waals surface area contributed by atoms with Crippen molar-refractivity contribution in [2.45, 2.75) is 39.2 Å². The van der Waals surface area contributed by atoms with Gasteiger partial charge < -0.3 is 5.32 Å². The van der Waals surface area contributed by atoms with Crippen molar-refractivity contribution < 1.29 is 4.79 Å². The second kappa shape index (κ2) is 7.24. The molecule has 1 unspecified atom stereocenters. The van der Waals surface area contributed by atoms with Gasteiger partial charge in [0.25, 0.3) is 0 Å². The highest BCUT2D eigenvalue weighted by atomic mass is 16.2.